The third kappa shape index (κ3) is 5.53. The summed E-state index contributed by atoms with van der Waals surface area (Å²) in [7, 11) is 0. The number of aromatic carboxylic acids is 1. The summed E-state index contributed by atoms with van der Waals surface area (Å²) < 4.78 is 5.69. The monoisotopic (exact) mass is 283 g/mol. The third-order valence-corrected chi connectivity index (χ3v) is 4.01. The molecular formula is C14H21NO3S. The number of hydrogen-bond donors (Lipinski definition) is 2. The molecule has 1 aromatic carbocycles. The minimum atomic E-state index is -0.966. The highest BCUT2D eigenvalue weighted by Crippen LogP contribution is 2.19. The molecule has 0 radical (unpaired) electrons. The molecule has 0 heterocycles. The van der Waals surface area contributed by atoms with Crippen LogP contribution in [0.5, 0.6) is 5.75 Å². The van der Waals surface area contributed by atoms with Gasteiger partial charge in [0.15, 0.2) is 0 Å². The number of ether oxygens (including phenoxy) is 1. The van der Waals surface area contributed by atoms with Crippen molar-refractivity contribution in [1.29, 1.82) is 0 Å². The van der Waals surface area contributed by atoms with Crippen LogP contribution < -0.4 is 10.1 Å². The number of carboxylic acid groups (broad SMARTS) is 1. The fourth-order valence-electron chi connectivity index (χ4n) is 1.46. The first-order valence-electron chi connectivity index (χ1n) is 6.17. The molecule has 5 heteroatoms. The average Bonchev–Trinajstić information content (AvgIpc) is 2.38. The first-order chi connectivity index (χ1) is 8.96. The Kier molecular flexibility index (Phi) is 6.18. The van der Waals surface area contributed by atoms with E-state index >= 15 is 0 Å². The van der Waals surface area contributed by atoms with Crippen molar-refractivity contribution in [2.24, 2.45) is 0 Å². The van der Waals surface area contributed by atoms with Gasteiger partial charge in [-0.2, -0.15) is 11.8 Å². The second kappa shape index (κ2) is 7.40. The zero-order valence-electron chi connectivity index (χ0n) is 11.6. The second-order valence-electron chi connectivity index (χ2n) is 4.79. The van der Waals surface area contributed by atoms with Crippen LogP contribution in [0.3, 0.4) is 0 Å². The fourth-order valence-corrected chi connectivity index (χ4v) is 1.71. The molecule has 0 fully saturated rings. The molecule has 106 valence electrons. The van der Waals surface area contributed by atoms with Crippen LogP contribution in [0.15, 0.2) is 24.3 Å². The molecule has 0 atom stereocenters. The fraction of sp³-hybridized carbons (Fsp3) is 0.500. The summed E-state index contributed by atoms with van der Waals surface area (Å²) in [5.41, 5.74) is 0.201. The van der Waals surface area contributed by atoms with E-state index in [1.807, 2.05) is 0 Å². The molecule has 0 aliphatic rings. The van der Waals surface area contributed by atoms with Gasteiger partial charge in [0.2, 0.25) is 0 Å². The zero-order chi connectivity index (χ0) is 14.3. The largest absolute Gasteiger partial charge is 0.491 e. The molecule has 0 bridgehead atoms. The molecule has 2 N–H and O–H groups in total. The summed E-state index contributed by atoms with van der Waals surface area (Å²) in [4.78, 5) is 11.0. The zero-order valence-corrected chi connectivity index (χ0v) is 12.4. The van der Waals surface area contributed by atoms with E-state index in [0.29, 0.717) is 18.9 Å². The van der Waals surface area contributed by atoms with Gasteiger partial charge in [-0.1, -0.05) is 12.1 Å². The number of thioether (sulfide) groups is 1. The Morgan fingerprint density at radius 3 is 2.74 bits per heavy atom. The average molecular weight is 283 g/mol. The Balaban J connectivity index is 2.36. The van der Waals surface area contributed by atoms with E-state index in [1.165, 1.54) is 0 Å². The van der Waals surface area contributed by atoms with Crippen molar-refractivity contribution in [2.45, 2.75) is 18.6 Å². The van der Waals surface area contributed by atoms with E-state index in [9.17, 15) is 4.79 Å². The standard InChI is InChI=1S/C14H21NO3S/c1-14(2,19-3)10-15-8-9-18-12-7-5-4-6-11(12)13(16)17/h4-7,15H,8-10H2,1-3H3,(H,16,17). The number of nitrogens with one attached hydrogen (secondary N) is 1. The smallest absolute Gasteiger partial charge is 0.339 e. The number of carbonyl (C=O) groups is 1. The molecule has 0 amide bonds. The van der Waals surface area contributed by atoms with Crippen LogP contribution in [-0.4, -0.2) is 41.8 Å². The van der Waals surface area contributed by atoms with Crippen LogP contribution in [0.1, 0.15) is 24.2 Å². The van der Waals surface area contributed by atoms with Gasteiger partial charge in [0.1, 0.15) is 17.9 Å². The van der Waals surface area contributed by atoms with Crippen LogP contribution in [0.25, 0.3) is 0 Å². The van der Waals surface area contributed by atoms with Crippen molar-refractivity contribution in [3.05, 3.63) is 29.8 Å². The van der Waals surface area contributed by atoms with Gasteiger partial charge in [0.05, 0.1) is 0 Å². The molecule has 1 aromatic rings. The SMILES string of the molecule is CSC(C)(C)CNCCOc1ccccc1C(=O)O. The van der Waals surface area contributed by atoms with Crippen molar-refractivity contribution in [1.82, 2.24) is 5.32 Å². The topological polar surface area (TPSA) is 58.6 Å². The minimum Gasteiger partial charge on any atom is -0.491 e. The van der Waals surface area contributed by atoms with E-state index < -0.39 is 5.97 Å². The highest BCUT2D eigenvalue weighted by molar-refractivity contribution is 7.99. The van der Waals surface area contributed by atoms with Crippen LogP contribution >= 0.6 is 11.8 Å². The van der Waals surface area contributed by atoms with E-state index in [4.69, 9.17) is 9.84 Å². The van der Waals surface area contributed by atoms with Crippen molar-refractivity contribution >= 4 is 17.7 Å². The first kappa shape index (κ1) is 15.9. The van der Waals surface area contributed by atoms with E-state index in [0.717, 1.165) is 6.54 Å². The normalized spacial score (nSPS) is 11.3. The minimum absolute atomic E-state index is 0.193. The molecule has 1 rings (SSSR count). The lowest BCUT2D eigenvalue weighted by molar-refractivity contribution is 0.0692. The summed E-state index contributed by atoms with van der Waals surface area (Å²) in [5.74, 6) is -0.548. The van der Waals surface area contributed by atoms with Gasteiger partial charge in [-0.3, -0.25) is 0 Å². The van der Waals surface area contributed by atoms with Crippen molar-refractivity contribution in [3.8, 4) is 5.75 Å². The summed E-state index contributed by atoms with van der Waals surface area (Å²) in [6, 6.07) is 6.68. The van der Waals surface area contributed by atoms with Gasteiger partial charge in [0.25, 0.3) is 0 Å². The lowest BCUT2D eigenvalue weighted by atomic mass is 10.2. The van der Waals surface area contributed by atoms with Gasteiger partial charge in [-0.05, 0) is 32.2 Å². The number of para-hydroxylation sites is 1. The molecule has 19 heavy (non-hydrogen) atoms. The van der Waals surface area contributed by atoms with Gasteiger partial charge in [0, 0.05) is 17.8 Å². The lowest BCUT2D eigenvalue weighted by Gasteiger charge is -2.22. The quantitative estimate of drug-likeness (QED) is 0.718. The van der Waals surface area contributed by atoms with Gasteiger partial charge in [-0.25, -0.2) is 4.79 Å². The maximum Gasteiger partial charge on any atom is 0.339 e. The van der Waals surface area contributed by atoms with Crippen molar-refractivity contribution in [2.75, 3.05) is 26.0 Å². The molecule has 0 aromatic heterocycles. The maximum atomic E-state index is 11.0. The van der Waals surface area contributed by atoms with Crippen LogP contribution in [-0.2, 0) is 0 Å². The predicted octanol–water partition coefficient (Wildman–Crippen LogP) is 2.49. The third-order valence-electron chi connectivity index (χ3n) is 2.76. The molecule has 4 nitrogen and oxygen atoms in total. The van der Waals surface area contributed by atoms with Crippen LogP contribution in [0, 0.1) is 0 Å². The highest BCUT2D eigenvalue weighted by atomic mass is 32.2. The Labute approximate surface area is 118 Å². The first-order valence-corrected chi connectivity index (χ1v) is 7.40. The predicted molar refractivity (Wildman–Crippen MR) is 79.4 cm³/mol. The van der Waals surface area contributed by atoms with Crippen molar-refractivity contribution in [3.63, 3.8) is 0 Å². The second-order valence-corrected chi connectivity index (χ2v) is 6.30. The molecule has 0 aliphatic carbocycles. The maximum absolute atomic E-state index is 11.0. The molecule has 0 spiro atoms. The Morgan fingerprint density at radius 1 is 1.42 bits per heavy atom. The summed E-state index contributed by atoms with van der Waals surface area (Å²) in [6.07, 6.45) is 2.08. The van der Waals surface area contributed by atoms with Gasteiger partial charge < -0.3 is 15.2 Å². The van der Waals surface area contributed by atoms with E-state index in [2.05, 4.69) is 25.4 Å². The molecule has 0 saturated carbocycles. The number of benzene rings is 1. The lowest BCUT2D eigenvalue weighted by Crippen LogP contribution is -2.34. The highest BCUT2D eigenvalue weighted by Gasteiger charge is 2.14. The van der Waals surface area contributed by atoms with Crippen LogP contribution in [0.2, 0.25) is 0 Å². The van der Waals surface area contributed by atoms with Gasteiger partial charge in [-0.15, -0.1) is 0 Å². The van der Waals surface area contributed by atoms with Gasteiger partial charge >= 0.3 is 5.97 Å². The molecular weight excluding hydrogens is 262 g/mol. The molecule has 0 unspecified atom stereocenters. The molecule has 0 aliphatic heterocycles. The summed E-state index contributed by atoms with van der Waals surface area (Å²) in [6.45, 7) is 6.38. The van der Waals surface area contributed by atoms with E-state index in [1.54, 1.807) is 36.0 Å². The Hall–Kier alpha value is -1.20. The van der Waals surface area contributed by atoms with Crippen LogP contribution in [0.4, 0.5) is 0 Å². The van der Waals surface area contributed by atoms with E-state index in [-0.39, 0.29) is 10.3 Å². The Morgan fingerprint density at radius 2 is 2.11 bits per heavy atom. The summed E-state index contributed by atoms with van der Waals surface area (Å²) in [5, 5.41) is 12.3. The Bertz CT molecular complexity index is 421. The number of hydrogen-bond acceptors (Lipinski definition) is 4. The number of rotatable bonds is 8. The number of carboxylic acids is 1. The van der Waals surface area contributed by atoms with Crippen molar-refractivity contribution < 1.29 is 14.6 Å². The summed E-state index contributed by atoms with van der Waals surface area (Å²) >= 11 is 1.81. The molecule has 0 saturated heterocycles.